The summed E-state index contributed by atoms with van der Waals surface area (Å²) in [5, 5.41) is 0.408. The van der Waals surface area contributed by atoms with Crippen molar-refractivity contribution in [1.29, 1.82) is 0 Å². The number of rotatable bonds is 5. The van der Waals surface area contributed by atoms with Crippen LogP contribution in [0.15, 0.2) is 42.5 Å². The third-order valence-corrected chi connectivity index (χ3v) is 3.33. The predicted octanol–water partition coefficient (Wildman–Crippen LogP) is 3.49. The van der Waals surface area contributed by atoms with Gasteiger partial charge in [0.2, 0.25) is 0 Å². The van der Waals surface area contributed by atoms with Crippen LogP contribution in [0.5, 0.6) is 5.75 Å². The number of halogens is 1. The average molecular weight is 335 g/mol. The molecule has 0 spiro atoms. The lowest BCUT2D eigenvalue weighted by atomic mass is 10.1. The minimum absolute atomic E-state index is 0.0132. The molecule has 2 rings (SSSR count). The summed E-state index contributed by atoms with van der Waals surface area (Å²) in [6.07, 6.45) is 0. The van der Waals surface area contributed by atoms with Gasteiger partial charge in [-0.2, -0.15) is 0 Å². The van der Waals surface area contributed by atoms with E-state index >= 15 is 0 Å². The number of carbonyl (C=O) groups excluding carboxylic acids is 2. The minimum Gasteiger partial charge on any atom is -0.496 e. The molecule has 0 unspecified atom stereocenters. The molecule has 0 fully saturated rings. The number of carbonyl (C=O) groups is 2. The SMILES string of the molecule is COC(=O)c1cccc(COC(=O)c2cc(Cl)ccc2OC)c1. The molecule has 0 N–H and O–H groups in total. The Hall–Kier alpha value is -2.53. The summed E-state index contributed by atoms with van der Waals surface area (Å²) in [5.74, 6) is -0.634. The highest BCUT2D eigenvalue weighted by atomic mass is 35.5. The molecule has 0 saturated heterocycles. The van der Waals surface area contributed by atoms with Crippen LogP contribution in [0.1, 0.15) is 26.3 Å². The average Bonchev–Trinajstić information content (AvgIpc) is 2.59. The molecule has 0 atom stereocenters. The van der Waals surface area contributed by atoms with Gasteiger partial charge in [0.25, 0.3) is 0 Å². The van der Waals surface area contributed by atoms with Crippen molar-refractivity contribution in [2.24, 2.45) is 0 Å². The van der Waals surface area contributed by atoms with Crippen molar-refractivity contribution in [3.05, 3.63) is 64.2 Å². The summed E-state index contributed by atoms with van der Waals surface area (Å²) in [6.45, 7) is 0.0132. The smallest absolute Gasteiger partial charge is 0.342 e. The van der Waals surface area contributed by atoms with E-state index in [1.807, 2.05) is 0 Å². The maximum atomic E-state index is 12.2. The van der Waals surface area contributed by atoms with Gasteiger partial charge in [-0.05, 0) is 35.9 Å². The lowest BCUT2D eigenvalue weighted by Crippen LogP contribution is -2.08. The molecule has 0 bridgehead atoms. The Kier molecular flexibility index (Phi) is 5.60. The van der Waals surface area contributed by atoms with E-state index in [4.69, 9.17) is 21.1 Å². The zero-order chi connectivity index (χ0) is 16.8. The number of methoxy groups -OCH3 is 2. The second kappa shape index (κ2) is 7.65. The summed E-state index contributed by atoms with van der Waals surface area (Å²) < 4.78 is 15.0. The summed E-state index contributed by atoms with van der Waals surface area (Å²) in [6, 6.07) is 11.4. The second-order valence-electron chi connectivity index (χ2n) is 4.61. The third-order valence-electron chi connectivity index (χ3n) is 3.10. The van der Waals surface area contributed by atoms with Gasteiger partial charge in [-0.15, -0.1) is 0 Å². The lowest BCUT2D eigenvalue weighted by Gasteiger charge is -2.09. The molecular formula is C17H15ClO5. The van der Waals surface area contributed by atoms with E-state index in [1.165, 1.54) is 20.3 Å². The molecule has 120 valence electrons. The van der Waals surface area contributed by atoms with E-state index in [1.54, 1.807) is 36.4 Å². The molecule has 0 saturated carbocycles. The number of esters is 2. The molecular weight excluding hydrogens is 320 g/mol. The highest BCUT2D eigenvalue weighted by Gasteiger charge is 2.15. The van der Waals surface area contributed by atoms with Crippen molar-refractivity contribution in [2.45, 2.75) is 6.61 Å². The first kappa shape index (κ1) is 16.8. The van der Waals surface area contributed by atoms with Crippen LogP contribution in [-0.4, -0.2) is 26.2 Å². The molecule has 23 heavy (non-hydrogen) atoms. The molecule has 2 aromatic rings. The molecule has 0 heterocycles. The van der Waals surface area contributed by atoms with E-state index in [-0.39, 0.29) is 12.2 Å². The minimum atomic E-state index is -0.562. The standard InChI is InChI=1S/C17H15ClO5/c1-21-15-7-6-13(18)9-14(15)17(20)23-10-11-4-3-5-12(8-11)16(19)22-2/h3-9H,10H2,1-2H3. The van der Waals surface area contributed by atoms with E-state index in [0.717, 1.165) is 0 Å². The maximum absolute atomic E-state index is 12.2. The Balaban J connectivity index is 2.10. The summed E-state index contributed by atoms with van der Waals surface area (Å²) in [7, 11) is 2.76. The van der Waals surface area contributed by atoms with Crippen molar-refractivity contribution >= 4 is 23.5 Å². The quantitative estimate of drug-likeness (QED) is 0.783. The number of hydrogen-bond donors (Lipinski definition) is 0. The van der Waals surface area contributed by atoms with Crippen molar-refractivity contribution in [3.8, 4) is 5.75 Å². The van der Waals surface area contributed by atoms with Crippen molar-refractivity contribution in [1.82, 2.24) is 0 Å². The zero-order valence-electron chi connectivity index (χ0n) is 12.7. The Morgan fingerprint density at radius 1 is 1.04 bits per heavy atom. The second-order valence-corrected chi connectivity index (χ2v) is 5.05. The zero-order valence-corrected chi connectivity index (χ0v) is 13.4. The lowest BCUT2D eigenvalue weighted by molar-refractivity contribution is 0.0469. The van der Waals surface area contributed by atoms with E-state index < -0.39 is 11.9 Å². The summed E-state index contributed by atoms with van der Waals surface area (Å²) in [4.78, 5) is 23.7. The molecule has 0 amide bonds. The van der Waals surface area contributed by atoms with Crippen molar-refractivity contribution < 1.29 is 23.8 Å². The number of hydrogen-bond acceptors (Lipinski definition) is 5. The maximum Gasteiger partial charge on any atom is 0.342 e. The van der Waals surface area contributed by atoms with Crippen LogP contribution in [0.4, 0.5) is 0 Å². The molecule has 0 aliphatic carbocycles. The Bertz CT molecular complexity index is 727. The molecule has 5 nitrogen and oxygen atoms in total. The van der Waals surface area contributed by atoms with Gasteiger partial charge >= 0.3 is 11.9 Å². The normalized spacial score (nSPS) is 10.0. The van der Waals surface area contributed by atoms with Crippen LogP contribution in [-0.2, 0) is 16.1 Å². The van der Waals surface area contributed by atoms with Crippen LogP contribution in [0.25, 0.3) is 0 Å². The van der Waals surface area contributed by atoms with E-state index in [0.29, 0.717) is 21.9 Å². The van der Waals surface area contributed by atoms with Gasteiger partial charge in [0, 0.05) is 5.02 Å². The van der Waals surface area contributed by atoms with Gasteiger partial charge in [-0.1, -0.05) is 23.7 Å². The van der Waals surface area contributed by atoms with Crippen LogP contribution >= 0.6 is 11.6 Å². The number of benzene rings is 2. The fraction of sp³-hybridized carbons (Fsp3) is 0.176. The van der Waals surface area contributed by atoms with Gasteiger partial charge in [0.05, 0.1) is 19.8 Å². The predicted molar refractivity (Wildman–Crippen MR) is 84.9 cm³/mol. The topological polar surface area (TPSA) is 61.8 Å². The molecule has 0 aliphatic heterocycles. The highest BCUT2D eigenvalue weighted by Crippen LogP contribution is 2.23. The van der Waals surface area contributed by atoms with E-state index in [2.05, 4.69) is 4.74 Å². The largest absolute Gasteiger partial charge is 0.496 e. The molecule has 0 radical (unpaired) electrons. The van der Waals surface area contributed by atoms with Crippen LogP contribution in [0.3, 0.4) is 0 Å². The summed E-state index contributed by atoms with van der Waals surface area (Å²) >= 11 is 5.89. The first-order chi connectivity index (χ1) is 11.0. The van der Waals surface area contributed by atoms with E-state index in [9.17, 15) is 9.59 Å². The van der Waals surface area contributed by atoms with Crippen LogP contribution < -0.4 is 4.74 Å². The van der Waals surface area contributed by atoms with Crippen molar-refractivity contribution in [3.63, 3.8) is 0 Å². The fourth-order valence-corrected chi connectivity index (χ4v) is 2.14. The van der Waals surface area contributed by atoms with Crippen LogP contribution in [0, 0.1) is 0 Å². The first-order valence-electron chi connectivity index (χ1n) is 6.73. The summed E-state index contributed by atoms with van der Waals surface area (Å²) in [5.41, 5.74) is 1.30. The monoisotopic (exact) mass is 334 g/mol. The molecule has 0 aromatic heterocycles. The molecule has 6 heteroatoms. The van der Waals surface area contributed by atoms with Gasteiger partial charge in [0.1, 0.15) is 17.9 Å². The van der Waals surface area contributed by atoms with Gasteiger partial charge < -0.3 is 14.2 Å². The van der Waals surface area contributed by atoms with Crippen LogP contribution in [0.2, 0.25) is 5.02 Å². The molecule has 0 aliphatic rings. The first-order valence-corrected chi connectivity index (χ1v) is 7.11. The van der Waals surface area contributed by atoms with Gasteiger partial charge in [-0.25, -0.2) is 9.59 Å². The fourth-order valence-electron chi connectivity index (χ4n) is 1.97. The van der Waals surface area contributed by atoms with Gasteiger partial charge in [0.15, 0.2) is 0 Å². The third kappa shape index (κ3) is 4.23. The number of ether oxygens (including phenoxy) is 3. The Morgan fingerprint density at radius 3 is 2.52 bits per heavy atom. The highest BCUT2D eigenvalue weighted by molar-refractivity contribution is 6.31. The van der Waals surface area contributed by atoms with Crippen molar-refractivity contribution in [2.75, 3.05) is 14.2 Å². The Morgan fingerprint density at radius 2 is 1.83 bits per heavy atom. The molecule has 2 aromatic carbocycles. The Labute approximate surface area is 138 Å². The van der Waals surface area contributed by atoms with Gasteiger partial charge in [-0.3, -0.25) is 0 Å².